The molecule has 1 N–H and O–H groups in total. The number of Topliss-reactive ketones (excluding diaryl/α,β-unsaturated/α-hetero) is 1. The first-order valence-corrected chi connectivity index (χ1v) is 9.16. The summed E-state index contributed by atoms with van der Waals surface area (Å²) in [6.45, 7) is 6.18. The third kappa shape index (κ3) is 3.74. The number of hydrogen-bond acceptors (Lipinski definition) is 4. The second-order valence-electron chi connectivity index (χ2n) is 7.19. The summed E-state index contributed by atoms with van der Waals surface area (Å²) in [4.78, 5) is 26.2. The molecule has 0 saturated heterocycles. The fraction of sp³-hybridized carbons (Fsp3) is 0.364. The maximum atomic E-state index is 13.0. The van der Waals surface area contributed by atoms with Gasteiger partial charge in [-0.25, -0.2) is 0 Å². The average Bonchev–Trinajstić information content (AvgIpc) is 2.81. The van der Waals surface area contributed by atoms with Crippen molar-refractivity contribution >= 4 is 17.4 Å². The highest BCUT2D eigenvalue weighted by atomic mass is 16.5. The number of hydrogen-bond donors (Lipinski definition) is 1. The van der Waals surface area contributed by atoms with Gasteiger partial charge in [0.05, 0.1) is 12.3 Å². The van der Waals surface area contributed by atoms with E-state index in [4.69, 9.17) is 4.74 Å². The summed E-state index contributed by atoms with van der Waals surface area (Å²) in [7, 11) is 0. The zero-order chi connectivity index (χ0) is 19.6. The summed E-state index contributed by atoms with van der Waals surface area (Å²) in [5.41, 5.74) is 1.48. The van der Waals surface area contributed by atoms with Crippen LogP contribution >= 0.6 is 0 Å². The molecule has 5 nitrogen and oxygen atoms in total. The molecule has 0 unspecified atom stereocenters. The summed E-state index contributed by atoms with van der Waals surface area (Å²) in [6.07, 6.45) is 0.405. The Kier molecular flexibility index (Phi) is 5.33. The molecule has 5 heteroatoms. The van der Waals surface area contributed by atoms with E-state index < -0.39 is 11.5 Å². The number of para-hydroxylation sites is 1. The Morgan fingerprint density at radius 2 is 1.93 bits per heavy atom. The number of fused-ring (bicyclic) bond motifs is 1. The van der Waals surface area contributed by atoms with Crippen LogP contribution in [0.1, 0.15) is 36.5 Å². The summed E-state index contributed by atoms with van der Waals surface area (Å²) >= 11 is 0. The van der Waals surface area contributed by atoms with Crippen LogP contribution in [0.3, 0.4) is 0 Å². The lowest BCUT2D eigenvalue weighted by atomic mass is 9.89. The van der Waals surface area contributed by atoms with Crippen molar-refractivity contribution in [1.82, 2.24) is 0 Å². The Morgan fingerprint density at radius 1 is 1.19 bits per heavy atom. The molecule has 1 heterocycles. The zero-order valence-electron chi connectivity index (χ0n) is 16.0. The van der Waals surface area contributed by atoms with Gasteiger partial charge in [-0.2, -0.15) is 0 Å². The topological polar surface area (TPSA) is 66.8 Å². The molecule has 0 fully saturated rings. The van der Waals surface area contributed by atoms with Crippen LogP contribution in [-0.2, 0) is 15.2 Å². The van der Waals surface area contributed by atoms with Crippen LogP contribution in [0.2, 0.25) is 0 Å². The third-order valence-electron chi connectivity index (χ3n) is 4.84. The van der Waals surface area contributed by atoms with E-state index in [-0.39, 0.29) is 12.2 Å². The average molecular weight is 367 g/mol. The fourth-order valence-electron chi connectivity index (χ4n) is 3.65. The van der Waals surface area contributed by atoms with Crippen molar-refractivity contribution in [2.24, 2.45) is 0 Å². The van der Waals surface area contributed by atoms with Crippen LogP contribution < -0.4 is 9.64 Å². The Morgan fingerprint density at radius 3 is 2.63 bits per heavy atom. The minimum atomic E-state index is -1.77. The van der Waals surface area contributed by atoms with Crippen molar-refractivity contribution < 1.29 is 19.4 Å². The van der Waals surface area contributed by atoms with Gasteiger partial charge in [0.1, 0.15) is 11.5 Å². The van der Waals surface area contributed by atoms with Gasteiger partial charge in [-0.3, -0.25) is 9.59 Å². The van der Waals surface area contributed by atoms with Crippen LogP contribution in [0.25, 0.3) is 0 Å². The summed E-state index contributed by atoms with van der Waals surface area (Å²) < 4.78 is 5.76. The van der Waals surface area contributed by atoms with Crippen molar-refractivity contribution in [2.75, 3.05) is 18.1 Å². The second-order valence-corrected chi connectivity index (χ2v) is 7.19. The summed E-state index contributed by atoms with van der Waals surface area (Å²) in [5.74, 6) is 0.146. The van der Waals surface area contributed by atoms with E-state index in [1.807, 2.05) is 44.2 Å². The molecule has 142 valence electrons. The third-order valence-corrected chi connectivity index (χ3v) is 4.84. The quantitative estimate of drug-likeness (QED) is 0.763. The highest BCUT2D eigenvalue weighted by Gasteiger charge is 2.50. The minimum absolute atomic E-state index is 0.210. The number of benzene rings is 2. The van der Waals surface area contributed by atoms with Gasteiger partial charge in [-0.05, 0) is 50.5 Å². The van der Waals surface area contributed by atoms with E-state index in [1.165, 1.54) is 6.92 Å². The first kappa shape index (κ1) is 19.1. The molecule has 0 aliphatic carbocycles. The van der Waals surface area contributed by atoms with E-state index >= 15 is 0 Å². The van der Waals surface area contributed by atoms with E-state index in [9.17, 15) is 14.7 Å². The van der Waals surface area contributed by atoms with Crippen LogP contribution in [-0.4, -0.2) is 29.9 Å². The Labute approximate surface area is 159 Å². The number of carbonyl (C=O) groups excluding carboxylic acids is 2. The molecule has 0 bridgehead atoms. The van der Waals surface area contributed by atoms with E-state index in [2.05, 4.69) is 0 Å². The molecule has 27 heavy (non-hydrogen) atoms. The van der Waals surface area contributed by atoms with Gasteiger partial charge >= 0.3 is 0 Å². The van der Waals surface area contributed by atoms with Crippen LogP contribution in [0, 0.1) is 13.8 Å². The lowest BCUT2D eigenvalue weighted by Crippen LogP contribution is -2.42. The van der Waals surface area contributed by atoms with Crippen molar-refractivity contribution in [3.05, 3.63) is 59.2 Å². The first-order chi connectivity index (χ1) is 12.8. The van der Waals surface area contributed by atoms with E-state index in [0.717, 1.165) is 16.9 Å². The van der Waals surface area contributed by atoms with E-state index in [0.29, 0.717) is 30.8 Å². The minimum Gasteiger partial charge on any atom is -0.494 e. The predicted molar refractivity (Wildman–Crippen MR) is 104 cm³/mol. The molecule has 1 aliphatic rings. The lowest BCUT2D eigenvalue weighted by Gasteiger charge is -2.22. The molecular formula is C22H25NO4. The van der Waals surface area contributed by atoms with Crippen molar-refractivity contribution in [3.8, 4) is 5.75 Å². The molecular weight excluding hydrogens is 342 g/mol. The predicted octanol–water partition coefficient (Wildman–Crippen LogP) is 3.29. The number of aryl methyl sites for hydroxylation is 2. The monoisotopic (exact) mass is 367 g/mol. The van der Waals surface area contributed by atoms with Crippen molar-refractivity contribution in [2.45, 2.75) is 39.2 Å². The normalized spacial score (nSPS) is 18.5. The molecule has 0 aromatic heterocycles. The SMILES string of the molecule is CC(=O)C[C@@]1(O)C(=O)N(CCCOc2cccc(C)c2)c2c(C)cccc21. The Balaban J connectivity index is 1.74. The van der Waals surface area contributed by atoms with Crippen molar-refractivity contribution in [3.63, 3.8) is 0 Å². The van der Waals surface area contributed by atoms with Gasteiger partial charge in [0.25, 0.3) is 5.91 Å². The standard InChI is InChI=1S/C22H25NO4/c1-15-7-4-9-18(13-15)27-12-6-11-23-20-16(2)8-5-10-19(20)22(26,21(23)25)14-17(3)24/h4-5,7-10,13,26H,6,11-12,14H2,1-3H3/t22-/m0/s1. The molecule has 1 aliphatic heterocycles. The summed E-state index contributed by atoms with van der Waals surface area (Å²) in [5, 5.41) is 11.0. The maximum Gasteiger partial charge on any atom is 0.264 e. The molecule has 0 spiro atoms. The molecule has 3 rings (SSSR count). The van der Waals surface area contributed by atoms with Crippen molar-refractivity contribution in [1.29, 1.82) is 0 Å². The number of ether oxygens (including phenoxy) is 1. The molecule has 0 radical (unpaired) electrons. The number of nitrogens with zero attached hydrogens (tertiary/aromatic N) is 1. The number of anilines is 1. The molecule has 1 amide bonds. The molecule has 2 aromatic carbocycles. The van der Waals surface area contributed by atoms with Gasteiger partial charge in [0, 0.05) is 18.5 Å². The largest absolute Gasteiger partial charge is 0.494 e. The van der Waals surface area contributed by atoms with Crippen LogP contribution in [0.5, 0.6) is 5.75 Å². The van der Waals surface area contributed by atoms with Gasteiger partial charge in [0.2, 0.25) is 0 Å². The van der Waals surface area contributed by atoms with E-state index in [1.54, 1.807) is 17.0 Å². The molecule has 0 saturated carbocycles. The van der Waals surface area contributed by atoms with Crippen LogP contribution in [0.4, 0.5) is 5.69 Å². The number of rotatable bonds is 7. The first-order valence-electron chi connectivity index (χ1n) is 9.16. The lowest BCUT2D eigenvalue weighted by molar-refractivity contribution is -0.141. The van der Waals surface area contributed by atoms with Gasteiger partial charge in [-0.15, -0.1) is 0 Å². The molecule has 1 atom stereocenters. The maximum absolute atomic E-state index is 13.0. The highest BCUT2D eigenvalue weighted by Crippen LogP contribution is 2.44. The second kappa shape index (κ2) is 7.53. The fourth-order valence-corrected chi connectivity index (χ4v) is 3.65. The van der Waals surface area contributed by atoms with Gasteiger partial charge < -0.3 is 14.7 Å². The number of aliphatic hydroxyl groups is 1. The number of ketones is 1. The molecule has 2 aromatic rings. The highest BCUT2D eigenvalue weighted by molar-refractivity contribution is 6.09. The number of amides is 1. The van der Waals surface area contributed by atoms with Crippen LogP contribution in [0.15, 0.2) is 42.5 Å². The number of carbonyl (C=O) groups is 2. The Bertz CT molecular complexity index is 876. The Hall–Kier alpha value is -2.66. The zero-order valence-corrected chi connectivity index (χ0v) is 16.0. The summed E-state index contributed by atoms with van der Waals surface area (Å²) in [6, 6.07) is 13.2. The van der Waals surface area contributed by atoms with Gasteiger partial charge in [0.15, 0.2) is 5.60 Å². The van der Waals surface area contributed by atoms with Gasteiger partial charge in [-0.1, -0.05) is 30.3 Å². The smallest absolute Gasteiger partial charge is 0.264 e.